The van der Waals surface area contributed by atoms with Gasteiger partial charge in [0, 0.05) is 37.4 Å². The number of carbonyl (C=O) groups excluding carboxylic acids is 2. The van der Waals surface area contributed by atoms with Gasteiger partial charge in [-0.25, -0.2) is 0 Å². The Morgan fingerprint density at radius 3 is 2.47 bits per heavy atom. The number of amides is 2. The molecule has 2 aromatic carbocycles. The average Bonchev–Trinajstić information content (AvgIpc) is 2.84. The van der Waals surface area contributed by atoms with Gasteiger partial charge in [-0.2, -0.15) is 0 Å². The summed E-state index contributed by atoms with van der Waals surface area (Å²) in [7, 11) is 0. The van der Waals surface area contributed by atoms with Crippen LogP contribution in [0.25, 0.3) is 0 Å². The average molecular weight is 464 g/mol. The van der Waals surface area contributed by atoms with Gasteiger partial charge in [-0.3, -0.25) is 9.59 Å². The molecule has 2 aromatic rings. The fourth-order valence-corrected chi connectivity index (χ4v) is 4.45. The van der Waals surface area contributed by atoms with Crippen LogP contribution in [-0.4, -0.2) is 24.9 Å². The van der Waals surface area contributed by atoms with Gasteiger partial charge in [0.05, 0.1) is 5.56 Å². The molecular formula is C29H41N3O2. The van der Waals surface area contributed by atoms with E-state index in [9.17, 15) is 9.59 Å². The molecule has 0 radical (unpaired) electrons. The van der Waals surface area contributed by atoms with Crippen LogP contribution < -0.4 is 15.5 Å². The summed E-state index contributed by atoms with van der Waals surface area (Å²) in [6.45, 7) is 8.65. The Kier molecular flexibility index (Phi) is 9.99. The minimum atomic E-state index is -0.0884. The van der Waals surface area contributed by atoms with Crippen molar-refractivity contribution >= 4 is 23.2 Å². The van der Waals surface area contributed by atoms with E-state index < -0.39 is 0 Å². The van der Waals surface area contributed by atoms with Crippen molar-refractivity contribution in [2.24, 2.45) is 5.92 Å². The van der Waals surface area contributed by atoms with Crippen LogP contribution in [0.5, 0.6) is 0 Å². The van der Waals surface area contributed by atoms with Crippen LogP contribution >= 0.6 is 0 Å². The molecule has 1 aliphatic rings. The van der Waals surface area contributed by atoms with Crippen molar-refractivity contribution in [1.82, 2.24) is 5.32 Å². The zero-order chi connectivity index (χ0) is 24.3. The van der Waals surface area contributed by atoms with E-state index in [2.05, 4.69) is 60.6 Å². The van der Waals surface area contributed by atoms with Crippen LogP contribution in [-0.2, 0) is 17.8 Å². The molecule has 34 heavy (non-hydrogen) atoms. The number of hydrogen-bond donors (Lipinski definition) is 2. The normalized spacial score (nSPS) is 13.0. The fraction of sp³-hybridized carbons (Fsp3) is 0.517. The molecule has 2 N–H and O–H groups in total. The third kappa shape index (κ3) is 7.61. The fourth-order valence-electron chi connectivity index (χ4n) is 4.45. The van der Waals surface area contributed by atoms with Crippen molar-refractivity contribution in [1.29, 1.82) is 0 Å². The van der Waals surface area contributed by atoms with Crippen LogP contribution in [0.15, 0.2) is 42.5 Å². The summed E-state index contributed by atoms with van der Waals surface area (Å²) in [5.74, 6) is 0.299. The molecule has 3 rings (SSSR count). The van der Waals surface area contributed by atoms with Crippen molar-refractivity contribution in [3.05, 3.63) is 59.2 Å². The summed E-state index contributed by atoms with van der Waals surface area (Å²) in [5, 5.41) is 6.07. The van der Waals surface area contributed by atoms with E-state index in [4.69, 9.17) is 0 Å². The summed E-state index contributed by atoms with van der Waals surface area (Å²) in [6, 6.07) is 14.3. The van der Waals surface area contributed by atoms with Gasteiger partial charge in [0.15, 0.2) is 0 Å². The molecule has 1 aliphatic heterocycles. The predicted molar refractivity (Wildman–Crippen MR) is 141 cm³/mol. The lowest BCUT2D eigenvalue weighted by Crippen LogP contribution is -2.34. The van der Waals surface area contributed by atoms with Crippen molar-refractivity contribution in [3.63, 3.8) is 0 Å². The lowest BCUT2D eigenvalue weighted by molar-refractivity contribution is -0.116. The lowest BCUT2D eigenvalue weighted by atomic mass is 9.98. The van der Waals surface area contributed by atoms with Gasteiger partial charge in [-0.05, 0) is 48.1 Å². The Morgan fingerprint density at radius 2 is 1.71 bits per heavy atom. The smallest absolute Gasteiger partial charge is 0.253 e. The molecule has 0 aliphatic carbocycles. The van der Waals surface area contributed by atoms with Crippen molar-refractivity contribution in [3.8, 4) is 0 Å². The van der Waals surface area contributed by atoms with Crippen molar-refractivity contribution in [2.45, 2.75) is 78.7 Å². The molecule has 0 atom stereocenters. The zero-order valence-electron chi connectivity index (χ0n) is 21.2. The molecule has 5 nitrogen and oxygen atoms in total. The second-order valence-electron chi connectivity index (χ2n) is 9.84. The summed E-state index contributed by atoms with van der Waals surface area (Å²) >= 11 is 0. The number of rotatable bonds is 12. The second-order valence-corrected chi connectivity index (χ2v) is 9.84. The molecule has 1 heterocycles. The number of carbonyl (C=O) groups is 2. The molecule has 0 bridgehead atoms. The first-order valence-corrected chi connectivity index (χ1v) is 13.0. The monoisotopic (exact) mass is 463 g/mol. The first-order valence-electron chi connectivity index (χ1n) is 13.0. The van der Waals surface area contributed by atoms with E-state index in [-0.39, 0.29) is 11.8 Å². The van der Waals surface area contributed by atoms with Crippen LogP contribution in [0.3, 0.4) is 0 Å². The highest BCUT2D eigenvalue weighted by Crippen LogP contribution is 2.29. The van der Waals surface area contributed by atoms with Crippen LogP contribution in [0, 0.1) is 5.92 Å². The maximum absolute atomic E-state index is 13.1. The largest absolute Gasteiger partial charge is 0.366 e. The van der Waals surface area contributed by atoms with Crippen LogP contribution in [0.1, 0.15) is 87.2 Å². The van der Waals surface area contributed by atoms with Crippen LogP contribution in [0.2, 0.25) is 0 Å². The van der Waals surface area contributed by atoms with Crippen molar-refractivity contribution in [2.75, 3.05) is 23.3 Å². The minimum Gasteiger partial charge on any atom is -0.366 e. The quantitative estimate of drug-likeness (QED) is 0.362. The zero-order valence-corrected chi connectivity index (χ0v) is 21.2. The SMILES string of the molecule is CCCCCCCCC(=O)Nc1ccc(N2CCc3ccccc3C2)c(C(=O)NCC(C)C)c1. The minimum absolute atomic E-state index is 0.0173. The van der Waals surface area contributed by atoms with Gasteiger partial charge < -0.3 is 15.5 Å². The summed E-state index contributed by atoms with van der Waals surface area (Å²) in [6.07, 6.45) is 8.40. The summed E-state index contributed by atoms with van der Waals surface area (Å²) in [5.41, 5.74) is 4.91. The number of fused-ring (bicyclic) bond motifs is 1. The van der Waals surface area contributed by atoms with E-state index in [0.29, 0.717) is 30.1 Å². The van der Waals surface area contributed by atoms with E-state index in [1.165, 1.54) is 36.8 Å². The van der Waals surface area contributed by atoms with Crippen molar-refractivity contribution < 1.29 is 9.59 Å². The maximum atomic E-state index is 13.1. The van der Waals surface area contributed by atoms with Gasteiger partial charge in [0.1, 0.15) is 0 Å². The standard InChI is InChI=1S/C29H41N3O2/c1-4-5-6-7-8-9-14-28(33)31-25-15-16-27(26(19-25)29(34)30-20-22(2)3)32-18-17-23-12-10-11-13-24(23)21-32/h10-13,15-16,19,22H,4-9,14,17-18,20-21H2,1-3H3,(H,30,34)(H,31,33). The second kappa shape index (κ2) is 13.2. The van der Waals surface area contributed by atoms with Gasteiger partial charge in [-0.15, -0.1) is 0 Å². The topological polar surface area (TPSA) is 61.4 Å². The molecule has 0 aromatic heterocycles. The number of hydrogen-bond acceptors (Lipinski definition) is 3. The Labute approximate surface area is 205 Å². The highest BCUT2D eigenvalue weighted by molar-refractivity contribution is 6.02. The summed E-state index contributed by atoms with van der Waals surface area (Å²) in [4.78, 5) is 27.9. The highest BCUT2D eigenvalue weighted by Gasteiger charge is 2.22. The van der Waals surface area contributed by atoms with E-state index in [1.54, 1.807) is 0 Å². The Hall–Kier alpha value is -2.82. The number of anilines is 2. The van der Waals surface area contributed by atoms with Gasteiger partial charge in [0.2, 0.25) is 5.91 Å². The maximum Gasteiger partial charge on any atom is 0.253 e. The molecule has 2 amide bonds. The third-order valence-electron chi connectivity index (χ3n) is 6.42. The predicted octanol–water partition coefficient (Wildman–Crippen LogP) is 6.32. The number of nitrogens with one attached hydrogen (secondary N) is 2. The van der Waals surface area contributed by atoms with E-state index in [0.717, 1.165) is 38.0 Å². The van der Waals surface area contributed by atoms with E-state index >= 15 is 0 Å². The Bertz CT molecular complexity index is 954. The Balaban J connectivity index is 1.70. The number of nitrogens with zero attached hydrogens (tertiary/aromatic N) is 1. The molecular weight excluding hydrogens is 422 g/mol. The van der Waals surface area contributed by atoms with Gasteiger partial charge in [0.25, 0.3) is 5.91 Å². The molecule has 184 valence electrons. The Morgan fingerprint density at radius 1 is 0.971 bits per heavy atom. The van der Waals surface area contributed by atoms with Gasteiger partial charge >= 0.3 is 0 Å². The molecule has 5 heteroatoms. The van der Waals surface area contributed by atoms with Gasteiger partial charge in [-0.1, -0.05) is 77.1 Å². The number of benzene rings is 2. The molecule has 0 spiro atoms. The highest BCUT2D eigenvalue weighted by atomic mass is 16.2. The van der Waals surface area contributed by atoms with Crippen LogP contribution in [0.4, 0.5) is 11.4 Å². The van der Waals surface area contributed by atoms with E-state index in [1.807, 2.05) is 18.2 Å². The first-order chi connectivity index (χ1) is 16.5. The molecule has 0 saturated heterocycles. The third-order valence-corrected chi connectivity index (χ3v) is 6.42. The molecule has 0 fully saturated rings. The molecule has 0 unspecified atom stereocenters. The molecule has 0 saturated carbocycles. The lowest BCUT2D eigenvalue weighted by Gasteiger charge is -2.32. The first kappa shape index (κ1) is 25.8. The number of unbranched alkanes of at least 4 members (excludes halogenated alkanes) is 5. The summed E-state index contributed by atoms with van der Waals surface area (Å²) < 4.78 is 0.